The molecule has 0 bridgehead atoms. The minimum absolute atomic E-state index is 0.0105. The van der Waals surface area contributed by atoms with Gasteiger partial charge in [0.05, 0.1) is 23.8 Å². The second-order valence-electron chi connectivity index (χ2n) is 7.25. The first-order valence-corrected chi connectivity index (χ1v) is 11.0. The minimum Gasteiger partial charge on any atom is -0.326 e. The molecule has 9 nitrogen and oxygen atoms in total. The number of anilines is 1. The fraction of sp³-hybridized carbons (Fsp3) is 0.526. The lowest BCUT2D eigenvalue weighted by atomic mass is 9.81. The average molecular weight is 423 g/mol. The summed E-state index contributed by atoms with van der Waals surface area (Å²) in [5.74, 6) is -1.13. The van der Waals surface area contributed by atoms with Crippen LogP contribution in [0.5, 0.6) is 0 Å². The van der Waals surface area contributed by atoms with E-state index < -0.39 is 10.0 Å². The molecule has 158 valence electrons. The van der Waals surface area contributed by atoms with Crippen molar-refractivity contribution < 1.29 is 27.6 Å². The summed E-state index contributed by atoms with van der Waals surface area (Å²) < 4.78 is 25.1. The molecule has 2 fully saturated rings. The van der Waals surface area contributed by atoms with E-state index in [1.807, 2.05) is 0 Å². The molecule has 1 aromatic rings. The number of nitrogens with zero attached hydrogens (tertiary/aromatic N) is 2. The van der Waals surface area contributed by atoms with E-state index in [1.165, 1.54) is 43.3 Å². The Bertz CT molecular complexity index is 875. The summed E-state index contributed by atoms with van der Waals surface area (Å²) in [6, 6.07) is 5.65. The first-order chi connectivity index (χ1) is 13.8. The topological polar surface area (TPSA) is 113 Å². The normalized spacial score (nSPS) is 22.1. The van der Waals surface area contributed by atoms with Crippen LogP contribution in [0.25, 0.3) is 0 Å². The molecule has 1 aromatic carbocycles. The molecular formula is C19H25N3O6S. The largest absolute Gasteiger partial charge is 0.326 e. The van der Waals surface area contributed by atoms with E-state index in [2.05, 4.69) is 5.32 Å². The Kier molecular flexibility index (Phi) is 6.35. The highest BCUT2D eigenvalue weighted by atomic mass is 32.2. The van der Waals surface area contributed by atoms with E-state index in [9.17, 15) is 22.8 Å². The molecule has 2 unspecified atom stereocenters. The van der Waals surface area contributed by atoms with Gasteiger partial charge in [-0.1, -0.05) is 17.3 Å². The summed E-state index contributed by atoms with van der Waals surface area (Å²) in [4.78, 5) is 43.1. The van der Waals surface area contributed by atoms with E-state index in [1.54, 1.807) is 0 Å². The molecule has 29 heavy (non-hydrogen) atoms. The van der Waals surface area contributed by atoms with E-state index >= 15 is 0 Å². The average Bonchev–Trinajstić information content (AvgIpc) is 2.96. The number of rotatable bonds is 7. The van der Waals surface area contributed by atoms with Crippen LogP contribution < -0.4 is 5.32 Å². The Morgan fingerprint density at radius 1 is 1.14 bits per heavy atom. The van der Waals surface area contributed by atoms with Gasteiger partial charge in [0.25, 0.3) is 10.0 Å². The summed E-state index contributed by atoms with van der Waals surface area (Å²) >= 11 is 0. The molecule has 1 aliphatic heterocycles. The molecule has 1 heterocycles. The van der Waals surface area contributed by atoms with Gasteiger partial charge >= 0.3 is 0 Å². The molecule has 1 aliphatic carbocycles. The third kappa shape index (κ3) is 4.34. The molecule has 1 saturated carbocycles. The van der Waals surface area contributed by atoms with Crippen molar-refractivity contribution in [1.29, 1.82) is 0 Å². The van der Waals surface area contributed by atoms with Gasteiger partial charge in [-0.2, -0.15) is 0 Å². The second-order valence-corrected chi connectivity index (χ2v) is 9.18. The van der Waals surface area contributed by atoms with Crippen LogP contribution in [0.3, 0.4) is 0 Å². The number of carbonyl (C=O) groups is 3. The number of carbonyl (C=O) groups excluding carboxylic acids is 3. The van der Waals surface area contributed by atoms with Crippen LogP contribution in [0.2, 0.25) is 0 Å². The Hall–Kier alpha value is -2.30. The number of sulfonamides is 1. The Morgan fingerprint density at radius 3 is 2.21 bits per heavy atom. The molecule has 0 aromatic heterocycles. The number of hydrogen-bond donors (Lipinski definition) is 1. The first-order valence-electron chi connectivity index (χ1n) is 9.54. The number of likely N-dealkylation sites (tertiary alicyclic amines) is 1. The smallest absolute Gasteiger partial charge is 0.264 e. The molecule has 0 spiro atoms. The van der Waals surface area contributed by atoms with Crippen LogP contribution >= 0.6 is 0 Å². The molecule has 10 heteroatoms. The summed E-state index contributed by atoms with van der Waals surface area (Å²) in [7, 11) is -1.23. The molecule has 1 saturated heterocycles. The number of amides is 3. The highest BCUT2D eigenvalue weighted by molar-refractivity contribution is 7.89. The number of fused-ring (bicyclic) bond motifs is 1. The first kappa shape index (κ1) is 21.4. The third-order valence-electron chi connectivity index (χ3n) is 5.53. The van der Waals surface area contributed by atoms with Crippen LogP contribution in [-0.2, 0) is 29.2 Å². The zero-order chi connectivity index (χ0) is 21.2. The predicted octanol–water partition coefficient (Wildman–Crippen LogP) is 1.37. The molecule has 0 radical (unpaired) electrons. The fourth-order valence-corrected chi connectivity index (χ4v) is 4.82. The summed E-state index contributed by atoms with van der Waals surface area (Å²) in [5, 5.41) is 2.65. The van der Waals surface area contributed by atoms with Crippen molar-refractivity contribution in [1.82, 2.24) is 9.37 Å². The summed E-state index contributed by atoms with van der Waals surface area (Å²) in [5.41, 5.74) is 0.418. The molecule has 3 rings (SSSR count). The highest BCUT2D eigenvalue weighted by Crippen LogP contribution is 2.38. The molecular weight excluding hydrogens is 398 g/mol. The van der Waals surface area contributed by atoms with Gasteiger partial charge in [0.1, 0.15) is 0 Å². The predicted molar refractivity (Wildman–Crippen MR) is 104 cm³/mol. The van der Waals surface area contributed by atoms with Gasteiger partial charge in [0.15, 0.2) is 0 Å². The number of hydroxylamine groups is 1. The standard InChI is InChI=1S/C19H25N3O6S/c1-21(28-2)29(26,27)14-9-7-13(8-10-14)20-17(23)11-12-22-18(24)15-5-3-4-6-16(15)19(22)25/h7-10,15-16H,3-6,11-12H2,1-2H3,(H,20,23). The lowest BCUT2D eigenvalue weighted by Crippen LogP contribution is -2.34. The van der Waals surface area contributed by atoms with Gasteiger partial charge < -0.3 is 5.32 Å². The van der Waals surface area contributed by atoms with Crippen molar-refractivity contribution in [2.75, 3.05) is 26.0 Å². The van der Waals surface area contributed by atoms with Crippen molar-refractivity contribution in [3.05, 3.63) is 24.3 Å². The SMILES string of the molecule is CON(C)S(=O)(=O)c1ccc(NC(=O)CCN2C(=O)C3CCCCC3C2=O)cc1. The maximum absolute atomic E-state index is 12.4. The van der Waals surface area contributed by atoms with Gasteiger partial charge in [-0.05, 0) is 37.1 Å². The quantitative estimate of drug-likeness (QED) is 0.524. The number of benzene rings is 1. The van der Waals surface area contributed by atoms with Gasteiger partial charge in [0.2, 0.25) is 17.7 Å². The van der Waals surface area contributed by atoms with Gasteiger partial charge in [-0.25, -0.2) is 8.42 Å². The zero-order valence-electron chi connectivity index (χ0n) is 16.5. The third-order valence-corrected chi connectivity index (χ3v) is 7.22. The molecule has 2 aliphatic rings. The van der Waals surface area contributed by atoms with E-state index in [0.29, 0.717) is 5.69 Å². The second kappa shape index (κ2) is 8.60. The Morgan fingerprint density at radius 2 is 1.69 bits per heavy atom. The number of imide groups is 1. The number of hydrogen-bond acceptors (Lipinski definition) is 6. The monoisotopic (exact) mass is 423 g/mol. The fourth-order valence-electron chi connectivity index (χ4n) is 3.84. The van der Waals surface area contributed by atoms with E-state index in [-0.39, 0.29) is 47.4 Å². The van der Waals surface area contributed by atoms with Crippen LogP contribution in [0.1, 0.15) is 32.1 Å². The minimum atomic E-state index is -3.76. The van der Waals surface area contributed by atoms with Crippen molar-refractivity contribution in [3.63, 3.8) is 0 Å². The van der Waals surface area contributed by atoms with Gasteiger partial charge in [-0.3, -0.25) is 24.1 Å². The zero-order valence-corrected chi connectivity index (χ0v) is 17.3. The molecule has 2 atom stereocenters. The molecule has 1 N–H and O–H groups in total. The van der Waals surface area contributed by atoms with E-state index in [0.717, 1.165) is 30.2 Å². The van der Waals surface area contributed by atoms with Crippen LogP contribution in [-0.4, -0.2) is 56.2 Å². The van der Waals surface area contributed by atoms with Crippen molar-refractivity contribution >= 4 is 33.4 Å². The highest BCUT2D eigenvalue weighted by Gasteiger charge is 2.47. The van der Waals surface area contributed by atoms with Crippen molar-refractivity contribution in [3.8, 4) is 0 Å². The Balaban J connectivity index is 1.56. The maximum Gasteiger partial charge on any atom is 0.264 e. The summed E-state index contributed by atoms with van der Waals surface area (Å²) in [6.07, 6.45) is 3.39. The maximum atomic E-state index is 12.4. The van der Waals surface area contributed by atoms with Crippen molar-refractivity contribution in [2.24, 2.45) is 11.8 Å². The Labute approximate surface area is 170 Å². The van der Waals surface area contributed by atoms with Crippen LogP contribution in [0, 0.1) is 11.8 Å². The van der Waals surface area contributed by atoms with Gasteiger partial charge in [0, 0.05) is 25.7 Å². The van der Waals surface area contributed by atoms with Crippen LogP contribution in [0.4, 0.5) is 5.69 Å². The molecule has 3 amide bonds. The van der Waals surface area contributed by atoms with Crippen molar-refractivity contribution in [2.45, 2.75) is 37.0 Å². The lowest BCUT2D eigenvalue weighted by Gasteiger charge is -2.19. The van der Waals surface area contributed by atoms with Gasteiger partial charge in [-0.15, -0.1) is 0 Å². The summed E-state index contributed by atoms with van der Waals surface area (Å²) in [6.45, 7) is 0.0571. The van der Waals surface area contributed by atoms with Crippen LogP contribution in [0.15, 0.2) is 29.2 Å². The lowest BCUT2D eigenvalue weighted by molar-refractivity contribution is -0.140. The number of nitrogens with one attached hydrogen (secondary N) is 1. The van der Waals surface area contributed by atoms with E-state index in [4.69, 9.17) is 4.84 Å².